The zero-order valence-electron chi connectivity index (χ0n) is 7.85. The van der Waals surface area contributed by atoms with E-state index >= 15 is 0 Å². The van der Waals surface area contributed by atoms with Crippen molar-refractivity contribution >= 4 is 29.1 Å². The van der Waals surface area contributed by atoms with E-state index in [0.717, 1.165) is 0 Å². The molecular weight excluding hydrogens is 238 g/mol. The summed E-state index contributed by atoms with van der Waals surface area (Å²) in [7, 11) is 0. The smallest absolute Gasteiger partial charge is 0.274 e. The van der Waals surface area contributed by atoms with Crippen molar-refractivity contribution in [2.24, 2.45) is 0 Å². The summed E-state index contributed by atoms with van der Waals surface area (Å²) < 4.78 is 0. The summed E-state index contributed by atoms with van der Waals surface area (Å²) in [5.41, 5.74) is 0.663. The molecule has 82 valence electrons. The van der Waals surface area contributed by atoms with Gasteiger partial charge in [-0.05, 0) is 12.1 Å². The van der Waals surface area contributed by atoms with Crippen LogP contribution in [-0.4, -0.2) is 22.4 Å². The third-order valence-electron chi connectivity index (χ3n) is 1.74. The average molecular weight is 248 g/mol. The number of nitro benzene ring substituents is 1. The molecule has 0 aliphatic carbocycles. The van der Waals surface area contributed by atoms with Gasteiger partial charge in [-0.25, -0.2) is 0 Å². The Labute approximate surface area is 96.4 Å². The summed E-state index contributed by atoms with van der Waals surface area (Å²) >= 11 is 7.12. The highest BCUT2D eigenvalue weighted by Crippen LogP contribution is 2.26. The van der Waals surface area contributed by atoms with Crippen LogP contribution in [0.1, 0.15) is 5.56 Å². The average Bonchev–Trinajstić information content (AvgIpc) is 2.20. The Morgan fingerprint density at radius 2 is 2.27 bits per heavy atom. The fourth-order valence-corrected chi connectivity index (χ4v) is 1.98. The van der Waals surface area contributed by atoms with Crippen LogP contribution in [0.25, 0.3) is 0 Å². The van der Waals surface area contributed by atoms with E-state index in [2.05, 4.69) is 0 Å². The topological polar surface area (TPSA) is 63.4 Å². The predicted molar refractivity (Wildman–Crippen MR) is 61.4 cm³/mol. The molecule has 0 aliphatic rings. The number of thioether (sulfide) groups is 1. The van der Waals surface area contributed by atoms with E-state index in [4.69, 9.17) is 16.7 Å². The van der Waals surface area contributed by atoms with E-state index in [9.17, 15) is 10.1 Å². The van der Waals surface area contributed by atoms with Crippen LogP contribution in [-0.2, 0) is 5.75 Å². The summed E-state index contributed by atoms with van der Waals surface area (Å²) in [6, 6.07) is 4.62. The van der Waals surface area contributed by atoms with E-state index in [0.29, 0.717) is 22.1 Å². The normalized spacial score (nSPS) is 10.3. The van der Waals surface area contributed by atoms with Crippen LogP contribution in [0.15, 0.2) is 18.2 Å². The Morgan fingerprint density at radius 3 is 2.87 bits per heavy atom. The van der Waals surface area contributed by atoms with Crippen molar-refractivity contribution < 1.29 is 10.0 Å². The quantitative estimate of drug-likeness (QED) is 0.493. The van der Waals surface area contributed by atoms with Gasteiger partial charge in [0.05, 0.1) is 11.5 Å². The Morgan fingerprint density at radius 1 is 1.53 bits per heavy atom. The van der Waals surface area contributed by atoms with Crippen LogP contribution in [0.5, 0.6) is 0 Å². The molecule has 1 rings (SSSR count). The molecule has 0 amide bonds. The van der Waals surface area contributed by atoms with E-state index in [-0.39, 0.29) is 12.3 Å². The lowest BCUT2D eigenvalue weighted by atomic mass is 10.2. The third kappa shape index (κ3) is 3.70. The van der Waals surface area contributed by atoms with Gasteiger partial charge in [-0.2, -0.15) is 11.8 Å². The van der Waals surface area contributed by atoms with Crippen molar-refractivity contribution in [3.63, 3.8) is 0 Å². The van der Waals surface area contributed by atoms with E-state index in [1.54, 1.807) is 12.1 Å². The van der Waals surface area contributed by atoms with Crippen molar-refractivity contribution in [3.8, 4) is 0 Å². The molecule has 0 saturated carbocycles. The number of rotatable bonds is 5. The van der Waals surface area contributed by atoms with Crippen molar-refractivity contribution in [1.29, 1.82) is 0 Å². The minimum absolute atomic E-state index is 0.0351. The molecular formula is C9H10ClNO3S. The van der Waals surface area contributed by atoms with Crippen molar-refractivity contribution in [3.05, 3.63) is 38.9 Å². The zero-order valence-corrected chi connectivity index (χ0v) is 9.42. The molecule has 0 aliphatic heterocycles. The molecule has 0 spiro atoms. The van der Waals surface area contributed by atoms with Crippen molar-refractivity contribution in [1.82, 2.24) is 0 Å². The lowest BCUT2D eigenvalue weighted by Crippen LogP contribution is -1.95. The molecule has 0 unspecified atom stereocenters. The first-order valence-corrected chi connectivity index (χ1v) is 5.80. The monoisotopic (exact) mass is 247 g/mol. The molecule has 0 saturated heterocycles. The van der Waals surface area contributed by atoms with Gasteiger partial charge >= 0.3 is 0 Å². The van der Waals surface area contributed by atoms with Gasteiger partial charge in [0, 0.05) is 28.2 Å². The number of nitro groups is 1. The maximum absolute atomic E-state index is 10.7. The predicted octanol–water partition coefficient (Wildman–Crippen LogP) is 2.47. The highest BCUT2D eigenvalue weighted by molar-refractivity contribution is 7.98. The maximum Gasteiger partial charge on any atom is 0.274 e. The van der Waals surface area contributed by atoms with Gasteiger partial charge in [0.1, 0.15) is 0 Å². The van der Waals surface area contributed by atoms with E-state index in [1.165, 1.54) is 17.8 Å². The van der Waals surface area contributed by atoms with Crippen molar-refractivity contribution in [2.75, 3.05) is 12.4 Å². The van der Waals surface area contributed by atoms with Crippen LogP contribution < -0.4 is 0 Å². The molecule has 0 fully saturated rings. The number of hydrogen-bond acceptors (Lipinski definition) is 4. The molecule has 1 N–H and O–H groups in total. The summed E-state index contributed by atoms with van der Waals surface area (Å²) in [4.78, 5) is 10.3. The number of aliphatic hydroxyl groups is 1. The van der Waals surface area contributed by atoms with Crippen molar-refractivity contribution in [2.45, 2.75) is 5.75 Å². The Kier molecular flexibility index (Phi) is 4.87. The lowest BCUT2D eigenvalue weighted by Gasteiger charge is -2.02. The summed E-state index contributed by atoms with van der Waals surface area (Å²) in [5, 5.41) is 19.6. The number of nitrogens with zero attached hydrogens (tertiary/aromatic N) is 1. The van der Waals surface area contributed by atoms with Gasteiger partial charge in [0.25, 0.3) is 5.69 Å². The summed E-state index contributed by atoms with van der Waals surface area (Å²) in [5.74, 6) is 1.08. The van der Waals surface area contributed by atoms with Crippen LogP contribution in [0, 0.1) is 10.1 Å². The maximum atomic E-state index is 10.7. The van der Waals surface area contributed by atoms with Gasteiger partial charge in [-0.1, -0.05) is 11.6 Å². The van der Waals surface area contributed by atoms with Gasteiger partial charge < -0.3 is 5.11 Å². The molecule has 0 aromatic heterocycles. The second kappa shape index (κ2) is 5.95. The molecule has 0 heterocycles. The van der Waals surface area contributed by atoms with Gasteiger partial charge in [-0.3, -0.25) is 10.1 Å². The Bertz CT molecular complexity index is 359. The van der Waals surface area contributed by atoms with E-state index in [1.807, 2.05) is 0 Å². The van der Waals surface area contributed by atoms with Crippen LogP contribution in [0.3, 0.4) is 0 Å². The summed E-state index contributed by atoms with van der Waals surface area (Å²) in [6.45, 7) is 0.0755. The molecule has 0 radical (unpaired) electrons. The highest BCUT2D eigenvalue weighted by Gasteiger charge is 2.13. The molecule has 4 nitrogen and oxygen atoms in total. The minimum atomic E-state index is -0.444. The summed E-state index contributed by atoms with van der Waals surface area (Å²) in [6.07, 6.45) is 0. The number of benzene rings is 1. The Hall–Kier alpha value is -0.780. The number of hydrogen-bond donors (Lipinski definition) is 1. The molecule has 1 aromatic rings. The second-order valence-electron chi connectivity index (χ2n) is 2.81. The van der Waals surface area contributed by atoms with Gasteiger partial charge in [0.15, 0.2) is 0 Å². The first kappa shape index (κ1) is 12.3. The third-order valence-corrected chi connectivity index (χ3v) is 2.96. The van der Waals surface area contributed by atoms with Crippen LogP contribution >= 0.6 is 23.4 Å². The van der Waals surface area contributed by atoms with Crippen LogP contribution in [0.4, 0.5) is 5.69 Å². The number of halogens is 1. The largest absolute Gasteiger partial charge is 0.396 e. The minimum Gasteiger partial charge on any atom is -0.396 e. The second-order valence-corrected chi connectivity index (χ2v) is 4.35. The fourth-order valence-electron chi connectivity index (χ4n) is 1.08. The SMILES string of the molecule is O=[N+]([O-])c1cc(Cl)ccc1CSCCO. The molecule has 15 heavy (non-hydrogen) atoms. The fraction of sp³-hybridized carbons (Fsp3) is 0.333. The zero-order chi connectivity index (χ0) is 11.3. The highest BCUT2D eigenvalue weighted by atomic mass is 35.5. The first-order valence-electron chi connectivity index (χ1n) is 4.26. The number of aliphatic hydroxyl groups excluding tert-OH is 1. The van der Waals surface area contributed by atoms with E-state index < -0.39 is 4.92 Å². The van der Waals surface area contributed by atoms with Gasteiger partial charge in [-0.15, -0.1) is 0 Å². The molecule has 0 atom stereocenters. The van der Waals surface area contributed by atoms with Gasteiger partial charge in [0.2, 0.25) is 0 Å². The lowest BCUT2D eigenvalue weighted by molar-refractivity contribution is -0.385. The molecule has 0 bridgehead atoms. The first-order chi connectivity index (χ1) is 7.15. The molecule has 6 heteroatoms. The standard InChI is InChI=1S/C9H10ClNO3S/c10-8-2-1-7(6-15-4-3-12)9(5-8)11(13)14/h1-2,5,12H,3-4,6H2. The van der Waals surface area contributed by atoms with Crippen LogP contribution in [0.2, 0.25) is 5.02 Å². The molecule has 1 aromatic carbocycles. The Balaban J connectivity index is 2.81.